The molecule has 3 aliphatic rings. The molecule has 210 valence electrons. The Morgan fingerprint density at radius 2 is 1.27 bits per heavy atom. The van der Waals surface area contributed by atoms with Crippen molar-refractivity contribution in [1.82, 2.24) is 10.0 Å². The molecule has 0 N–H and O–H groups in total. The predicted octanol–water partition coefficient (Wildman–Crippen LogP) is 7.72. The van der Waals surface area contributed by atoms with Gasteiger partial charge in [-0.2, -0.15) is 5.01 Å². The summed E-state index contributed by atoms with van der Waals surface area (Å²) in [7, 11) is 0. The van der Waals surface area contributed by atoms with Crippen LogP contribution in [0.5, 0.6) is 0 Å². The summed E-state index contributed by atoms with van der Waals surface area (Å²) in [5.74, 6) is -6.69. The average molecular weight is 724 g/mol. The highest BCUT2D eigenvalue weighted by atomic mass is 35.5. The number of carbonyl (C=O) groups is 4. The topological polar surface area (TPSA) is 74.8 Å². The first-order valence-electron chi connectivity index (χ1n) is 11.3. The number of carbonyl (C=O) groups excluding carboxylic acids is 4. The van der Waals surface area contributed by atoms with Crippen molar-refractivity contribution in [2.45, 2.75) is 27.0 Å². The number of imide groups is 1. The van der Waals surface area contributed by atoms with Gasteiger partial charge in [0, 0.05) is 15.6 Å². The molecule has 5 atom stereocenters. The summed E-state index contributed by atoms with van der Waals surface area (Å²) in [6.07, 6.45) is 0. The van der Waals surface area contributed by atoms with Crippen LogP contribution in [-0.4, -0.2) is 53.6 Å². The minimum Gasteiger partial charge on any atom is -0.292 e. The summed E-state index contributed by atoms with van der Waals surface area (Å²) in [5.41, 5.74) is -0.00553. The predicted molar refractivity (Wildman–Crippen MR) is 157 cm³/mol. The van der Waals surface area contributed by atoms with Gasteiger partial charge in [0.05, 0.1) is 32.5 Å². The molecule has 1 saturated carbocycles. The van der Waals surface area contributed by atoms with E-state index in [-0.39, 0.29) is 31.2 Å². The fourth-order valence-corrected chi connectivity index (χ4v) is 8.93. The number of ketones is 1. The molecule has 6 nitrogen and oxygen atoms in total. The van der Waals surface area contributed by atoms with Crippen molar-refractivity contribution < 1.29 is 19.2 Å². The molecule has 1 aliphatic heterocycles. The van der Waals surface area contributed by atoms with E-state index in [1.54, 1.807) is 0 Å². The number of hydrogen-bond donors (Lipinski definition) is 0. The molecule has 1 saturated heterocycles. The first-order chi connectivity index (χ1) is 18.5. The van der Waals surface area contributed by atoms with E-state index in [4.69, 9.17) is 104 Å². The molecule has 5 rings (SSSR count). The van der Waals surface area contributed by atoms with Gasteiger partial charge in [-0.25, -0.2) is 5.01 Å². The van der Waals surface area contributed by atoms with Gasteiger partial charge in [-0.15, -0.1) is 23.2 Å². The van der Waals surface area contributed by atoms with Crippen LogP contribution in [0, 0.1) is 11.8 Å². The third-order valence-corrected chi connectivity index (χ3v) is 12.4. The summed E-state index contributed by atoms with van der Waals surface area (Å²) in [4.78, 5) is 51.4. The number of halogens is 9. The standard InChI is InChI=1S/C25H13Cl9N2O4/c1-9(17(37)10-2-4-11(26)5-3-10)35(20(38)13-7-6-12(27)8-14(13)28)36-21(39)15-16(22(36)40)24(32)19(30)18(29)23(15,31)25(24,33)34/h2-9,15-16H,1H3/t9-,15-,16-,23-,24-/m1/s1. The Morgan fingerprint density at radius 3 is 1.75 bits per heavy atom. The maximum atomic E-state index is 14.0. The fraction of sp³-hybridized carbons (Fsp3) is 0.280. The van der Waals surface area contributed by atoms with Gasteiger partial charge in [0.25, 0.3) is 17.7 Å². The number of amides is 3. The molecule has 3 amide bonds. The van der Waals surface area contributed by atoms with Crippen LogP contribution in [-0.2, 0) is 9.59 Å². The normalized spacial score (nSPS) is 29.2. The van der Waals surface area contributed by atoms with E-state index in [2.05, 4.69) is 0 Å². The first kappa shape index (κ1) is 30.5. The van der Waals surface area contributed by atoms with E-state index < -0.39 is 55.5 Å². The average Bonchev–Trinajstić information content (AvgIpc) is 3.27. The number of rotatable bonds is 5. The number of fused-ring (bicyclic) bond motifs is 5. The number of hydrogen-bond acceptors (Lipinski definition) is 4. The molecular formula is C25H13Cl9N2O4. The summed E-state index contributed by atoms with van der Waals surface area (Å²) in [5, 5.41) is 1.10. The molecular weight excluding hydrogens is 711 g/mol. The van der Waals surface area contributed by atoms with Crippen molar-refractivity contribution in [3.05, 3.63) is 78.7 Å². The molecule has 2 aromatic rings. The number of benzene rings is 2. The van der Waals surface area contributed by atoms with Gasteiger partial charge >= 0.3 is 0 Å². The maximum Gasteiger partial charge on any atom is 0.275 e. The molecule has 40 heavy (non-hydrogen) atoms. The van der Waals surface area contributed by atoms with E-state index in [0.29, 0.717) is 15.0 Å². The van der Waals surface area contributed by atoms with Gasteiger partial charge in [-0.1, -0.05) is 81.2 Å². The lowest BCUT2D eigenvalue weighted by Gasteiger charge is -2.38. The van der Waals surface area contributed by atoms with Gasteiger partial charge in [-0.05, 0) is 49.4 Å². The van der Waals surface area contributed by atoms with Crippen LogP contribution in [0.15, 0.2) is 52.5 Å². The molecule has 2 aromatic carbocycles. The Balaban J connectivity index is 1.65. The summed E-state index contributed by atoms with van der Waals surface area (Å²) >= 11 is 57.7. The van der Waals surface area contributed by atoms with Crippen LogP contribution in [0.4, 0.5) is 0 Å². The van der Waals surface area contributed by atoms with Gasteiger partial charge < -0.3 is 0 Å². The molecule has 0 unspecified atom stereocenters. The Bertz CT molecular complexity index is 1500. The number of allylic oxidation sites excluding steroid dienone is 2. The van der Waals surface area contributed by atoms with Crippen molar-refractivity contribution >= 4 is 128 Å². The second kappa shape index (κ2) is 10.1. The second-order valence-electron chi connectivity index (χ2n) is 9.39. The SMILES string of the molecule is C[C@H](C(=O)c1ccc(Cl)cc1)N(C(=O)c1ccc(Cl)cc1Cl)N1C(=O)[C@H]2[C@H](C1=O)[C@@]1(Cl)C(Cl)=C(Cl)[C@@]2(Cl)C1(Cl)Cl. The van der Waals surface area contributed by atoms with Crippen LogP contribution in [0.3, 0.4) is 0 Å². The van der Waals surface area contributed by atoms with E-state index in [1.807, 2.05) is 0 Å². The third kappa shape index (κ3) is 3.84. The van der Waals surface area contributed by atoms with Gasteiger partial charge in [0.1, 0.15) is 15.8 Å². The van der Waals surface area contributed by atoms with Gasteiger partial charge in [0.15, 0.2) is 10.1 Å². The third-order valence-electron chi connectivity index (χ3n) is 7.35. The maximum absolute atomic E-state index is 14.0. The van der Waals surface area contributed by atoms with Crippen molar-refractivity contribution in [3.63, 3.8) is 0 Å². The van der Waals surface area contributed by atoms with Crippen LogP contribution in [0.25, 0.3) is 0 Å². The molecule has 0 aromatic heterocycles. The van der Waals surface area contributed by atoms with Crippen molar-refractivity contribution in [2.75, 3.05) is 0 Å². The molecule has 0 radical (unpaired) electrons. The first-order valence-corrected chi connectivity index (χ1v) is 14.7. The number of Topliss-reactive ketones (excluding diaryl/α,β-unsaturated/α-hetero) is 1. The minimum atomic E-state index is -2.18. The quantitative estimate of drug-likeness (QED) is 0.180. The Hall–Kier alpha value is -0.930. The largest absolute Gasteiger partial charge is 0.292 e. The van der Waals surface area contributed by atoms with E-state index in [1.165, 1.54) is 49.4 Å². The molecule has 2 bridgehead atoms. The zero-order chi connectivity index (χ0) is 29.7. The summed E-state index contributed by atoms with van der Waals surface area (Å²) in [6, 6.07) is 8.35. The Morgan fingerprint density at radius 1 is 0.800 bits per heavy atom. The lowest BCUT2D eigenvalue weighted by molar-refractivity contribution is -0.157. The number of alkyl halides is 4. The molecule has 0 spiro atoms. The van der Waals surface area contributed by atoms with E-state index in [9.17, 15) is 19.2 Å². The van der Waals surface area contributed by atoms with Crippen molar-refractivity contribution in [2.24, 2.45) is 11.8 Å². The molecule has 2 aliphatic carbocycles. The summed E-state index contributed by atoms with van der Waals surface area (Å²) < 4.78 is -2.18. The zero-order valence-electron chi connectivity index (χ0n) is 19.7. The smallest absolute Gasteiger partial charge is 0.275 e. The zero-order valence-corrected chi connectivity index (χ0v) is 26.5. The lowest BCUT2D eigenvalue weighted by Crippen LogP contribution is -2.59. The van der Waals surface area contributed by atoms with Gasteiger partial charge in [-0.3, -0.25) is 19.2 Å². The number of hydrazine groups is 1. The molecule has 15 heteroatoms. The van der Waals surface area contributed by atoms with Crippen LogP contribution in [0.1, 0.15) is 27.6 Å². The molecule has 1 heterocycles. The van der Waals surface area contributed by atoms with E-state index in [0.717, 1.165) is 0 Å². The lowest BCUT2D eigenvalue weighted by atomic mass is 9.84. The highest BCUT2D eigenvalue weighted by Crippen LogP contribution is 2.77. The Kier molecular flexibility index (Phi) is 7.69. The van der Waals surface area contributed by atoms with Crippen molar-refractivity contribution in [1.29, 1.82) is 0 Å². The number of nitrogens with zero attached hydrogens (tertiary/aromatic N) is 2. The van der Waals surface area contributed by atoms with Crippen LogP contribution >= 0.6 is 104 Å². The highest BCUT2D eigenvalue weighted by Gasteiger charge is 2.88. The second-order valence-corrected chi connectivity index (χ2v) is 13.9. The van der Waals surface area contributed by atoms with Crippen molar-refractivity contribution in [3.8, 4) is 0 Å². The van der Waals surface area contributed by atoms with Gasteiger partial charge in [0.2, 0.25) is 0 Å². The molecule has 2 fully saturated rings. The van der Waals surface area contributed by atoms with E-state index >= 15 is 0 Å². The summed E-state index contributed by atoms with van der Waals surface area (Å²) in [6.45, 7) is 1.33. The Labute approximate surface area is 272 Å². The fourth-order valence-electron chi connectivity index (χ4n) is 5.39. The van der Waals surface area contributed by atoms with Crippen LogP contribution < -0.4 is 0 Å². The monoisotopic (exact) mass is 720 g/mol. The van der Waals surface area contributed by atoms with Crippen LogP contribution in [0.2, 0.25) is 15.1 Å². The minimum absolute atomic E-state index is 0.0936. The highest BCUT2D eigenvalue weighted by molar-refractivity contribution is 6.67.